The van der Waals surface area contributed by atoms with Gasteiger partial charge in [-0.1, -0.05) is 0 Å². The zero-order valence-electron chi connectivity index (χ0n) is 10.6. The number of rotatable bonds is 3. The molecule has 104 valence electrons. The number of hydrogen-bond donors (Lipinski definition) is 0. The van der Waals surface area contributed by atoms with Crippen LogP contribution in [0.1, 0.15) is 32.1 Å². The number of alkyl halides is 1. The molecule has 3 rings (SSSR count). The lowest BCUT2D eigenvalue weighted by Gasteiger charge is -2.36. The Morgan fingerprint density at radius 3 is 2.61 bits per heavy atom. The third-order valence-electron chi connectivity index (χ3n) is 4.68. The van der Waals surface area contributed by atoms with Gasteiger partial charge in [-0.25, -0.2) is 0 Å². The lowest BCUT2D eigenvalue weighted by atomic mass is 10.0. The summed E-state index contributed by atoms with van der Waals surface area (Å²) in [7, 11) is -3.23. The largest absolute Gasteiger partial charge is 0.282 e. The second-order valence-electron chi connectivity index (χ2n) is 5.93. The van der Waals surface area contributed by atoms with E-state index in [0.717, 1.165) is 32.2 Å². The molecule has 2 aliphatic heterocycles. The second-order valence-corrected chi connectivity index (χ2v) is 8.12. The van der Waals surface area contributed by atoms with Gasteiger partial charge in [0.05, 0.1) is 0 Å². The topological polar surface area (TPSA) is 40.6 Å². The van der Waals surface area contributed by atoms with Crippen molar-refractivity contribution >= 4 is 21.8 Å². The summed E-state index contributed by atoms with van der Waals surface area (Å²) in [4.78, 5) is 0. The van der Waals surface area contributed by atoms with Gasteiger partial charge < -0.3 is 0 Å². The molecule has 6 heteroatoms. The zero-order valence-corrected chi connectivity index (χ0v) is 12.2. The lowest BCUT2D eigenvalue weighted by molar-refractivity contribution is 0.245. The van der Waals surface area contributed by atoms with E-state index >= 15 is 0 Å². The fourth-order valence-corrected chi connectivity index (χ4v) is 5.95. The monoisotopic (exact) mass is 292 g/mol. The van der Waals surface area contributed by atoms with Crippen LogP contribution in [0.2, 0.25) is 0 Å². The van der Waals surface area contributed by atoms with Crippen LogP contribution in [0.4, 0.5) is 0 Å². The highest BCUT2D eigenvalue weighted by molar-refractivity contribution is 7.86. The van der Waals surface area contributed by atoms with Crippen molar-refractivity contribution in [2.24, 2.45) is 11.8 Å². The molecule has 0 N–H and O–H groups in total. The van der Waals surface area contributed by atoms with Crippen LogP contribution in [-0.2, 0) is 10.2 Å². The minimum Gasteiger partial charge on any atom is -0.195 e. The normalized spacial score (nSPS) is 38.4. The average Bonchev–Trinajstić information content (AvgIpc) is 3.01. The Balaban J connectivity index is 1.74. The summed E-state index contributed by atoms with van der Waals surface area (Å²) in [5.74, 6) is 1.51. The van der Waals surface area contributed by atoms with E-state index in [-0.39, 0.29) is 6.04 Å². The molecule has 18 heavy (non-hydrogen) atoms. The summed E-state index contributed by atoms with van der Waals surface area (Å²) in [6.07, 6.45) is 5.34. The van der Waals surface area contributed by atoms with Gasteiger partial charge in [-0.3, -0.25) is 0 Å². The van der Waals surface area contributed by atoms with Gasteiger partial charge in [0, 0.05) is 31.6 Å². The molecular formula is C12H21ClN2O2S. The number of halogens is 1. The molecule has 1 aliphatic carbocycles. The van der Waals surface area contributed by atoms with E-state index < -0.39 is 10.2 Å². The SMILES string of the molecule is O=S(=O)(N1CCCC(CCl)C1)N1CC2CCC1C2. The Morgan fingerprint density at radius 1 is 1.17 bits per heavy atom. The van der Waals surface area contributed by atoms with E-state index in [4.69, 9.17) is 11.6 Å². The molecule has 2 saturated heterocycles. The Kier molecular flexibility index (Phi) is 3.60. The number of nitrogens with zero attached hydrogens (tertiary/aromatic N) is 2. The Morgan fingerprint density at radius 2 is 2.00 bits per heavy atom. The molecular weight excluding hydrogens is 272 g/mol. The summed E-state index contributed by atoms with van der Waals surface area (Å²) in [5.41, 5.74) is 0. The first-order valence-corrected chi connectivity index (χ1v) is 8.87. The average molecular weight is 293 g/mol. The molecule has 4 nitrogen and oxygen atoms in total. The van der Waals surface area contributed by atoms with Crippen LogP contribution in [0.15, 0.2) is 0 Å². The van der Waals surface area contributed by atoms with Gasteiger partial charge >= 0.3 is 0 Å². The van der Waals surface area contributed by atoms with E-state index in [2.05, 4.69) is 0 Å². The molecule has 0 aromatic heterocycles. The van der Waals surface area contributed by atoms with Crippen molar-refractivity contribution in [1.82, 2.24) is 8.61 Å². The predicted octanol–water partition coefficient (Wildman–Crippen LogP) is 1.67. The first kappa shape index (κ1) is 13.2. The highest BCUT2D eigenvalue weighted by Gasteiger charge is 2.46. The van der Waals surface area contributed by atoms with Crippen LogP contribution in [0.25, 0.3) is 0 Å². The van der Waals surface area contributed by atoms with Crippen molar-refractivity contribution in [2.75, 3.05) is 25.5 Å². The lowest BCUT2D eigenvalue weighted by Crippen LogP contribution is -2.50. The summed E-state index contributed by atoms with van der Waals surface area (Å²) in [5, 5.41) is 0. The number of piperidine rings is 2. The zero-order chi connectivity index (χ0) is 12.8. The predicted molar refractivity (Wildman–Crippen MR) is 71.8 cm³/mol. The van der Waals surface area contributed by atoms with Gasteiger partial charge in [-0.2, -0.15) is 17.0 Å². The summed E-state index contributed by atoms with van der Waals surface area (Å²) >= 11 is 5.88. The van der Waals surface area contributed by atoms with E-state index in [1.54, 1.807) is 8.61 Å². The summed E-state index contributed by atoms with van der Waals surface area (Å²) < 4.78 is 28.7. The Bertz CT molecular complexity index is 414. The van der Waals surface area contributed by atoms with E-state index in [1.807, 2.05) is 0 Å². The highest BCUT2D eigenvalue weighted by Crippen LogP contribution is 2.40. The van der Waals surface area contributed by atoms with E-state index in [0.29, 0.717) is 30.8 Å². The van der Waals surface area contributed by atoms with Gasteiger partial charge in [0.1, 0.15) is 0 Å². The van der Waals surface area contributed by atoms with Gasteiger partial charge in [-0.05, 0) is 43.9 Å². The molecule has 2 bridgehead atoms. The third kappa shape index (κ3) is 2.19. The molecule has 0 aromatic carbocycles. The van der Waals surface area contributed by atoms with Crippen molar-refractivity contribution in [3.8, 4) is 0 Å². The van der Waals surface area contributed by atoms with Gasteiger partial charge in [0.15, 0.2) is 0 Å². The first-order valence-electron chi connectivity index (χ1n) is 6.94. The quantitative estimate of drug-likeness (QED) is 0.743. The van der Waals surface area contributed by atoms with Gasteiger partial charge in [0.25, 0.3) is 10.2 Å². The van der Waals surface area contributed by atoms with Crippen LogP contribution in [0.3, 0.4) is 0 Å². The van der Waals surface area contributed by atoms with Gasteiger partial charge in [-0.15, -0.1) is 11.6 Å². The molecule has 0 amide bonds. The fraction of sp³-hybridized carbons (Fsp3) is 1.00. The molecule has 0 spiro atoms. The van der Waals surface area contributed by atoms with Crippen molar-refractivity contribution in [1.29, 1.82) is 0 Å². The number of fused-ring (bicyclic) bond motifs is 2. The van der Waals surface area contributed by atoms with Crippen LogP contribution in [-0.4, -0.2) is 48.6 Å². The molecule has 1 saturated carbocycles. The van der Waals surface area contributed by atoms with Crippen LogP contribution >= 0.6 is 11.6 Å². The maximum absolute atomic E-state index is 12.6. The van der Waals surface area contributed by atoms with Crippen LogP contribution < -0.4 is 0 Å². The molecule has 3 unspecified atom stereocenters. The first-order chi connectivity index (χ1) is 8.61. The third-order valence-corrected chi connectivity index (χ3v) is 7.14. The molecule has 3 atom stereocenters. The van der Waals surface area contributed by atoms with Crippen LogP contribution in [0, 0.1) is 11.8 Å². The summed E-state index contributed by atoms with van der Waals surface area (Å²) in [6, 6.07) is 0.274. The molecule has 0 aromatic rings. The molecule has 3 fully saturated rings. The maximum Gasteiger partial charge on any atom is 0.282 e. The Labute approximate surface area is 114 Å². The standard InChI is InChI=1S/C12H21ClN2O2S/c13-7-11-2-1-5-14(8-11)18(16,17)15-9-10-3-4-12(15)6-10/h10-12H,1-9H2. The van der Waals surface area contributed by atoms with Crippen LogP contribution in [0.5, 0.6) is 0 Å². The second kappa shape index (κ2) is 4.93. The maximum atomic E-state index is 12.6. The molecule has 0 radical (unpaired) electrons. The van der Waals surface area contributed by atoms with Crippen molar-refractivity contribution in [3.05, 3.63) is 0 Å². The molecule has 2 heterocycles. The summed E-state index contributed by atoms with van der Waals surface area (Å²) in [6.45, 7) is 2.03. The van der Waals surface area contributed by atoms with Crippen molar-refractivity contribution in [2.45, 2.75) is 38.1 Å². The minimum atomic E-state index is -3.23. The Hall–Kier alpha value is 0.160. The van der Waals surface area contributed by atoms with E-state index in [9.17, 15) is 8.42 Å². The molecule has 3 aliphatic rings. The number of hydrogen-bond acceptors (Lipinski definition) is 2. The minimum absolute atomic E-state index is 0.274. The van der Waals surface area contributed by atoms with E-state index in [1.165, 1.54) is 6.42 Å². The highest BCUT2D eigenvalue weighted by atomic mass is 35.5. The van der Waals surface area contributed by atoms with Crippen molar-refractivity contribution in [3.63, 3.8) is 0 Å². The fourth-order valence-electron chi connectivity index (χ4n) is 3.67. The van der Waals surface area contributed by atoms with Crippen molar-refractivity contribution < 1.29 is 8.42 Å². The smallest absolute Gasteiger partial charge is 0.195 e. The van der Waals surface area contributed by atoms with Gasteiger partial charge in [0.2, 0.25) is 0 Å².